The maximum atomic E-state index is 14.1. The van der Waals surface area contributed by atoms with E-state index in [4.69, 9.17) is 4.99 Å². The van der Waals surface area contributed by atoms with Gasteiger partial charge in [-0.05, 0) is 86.1 Å². The van der Waals surface area contributed by atoms with Crippen LogP contribution in [0.4, 0.5) is 14.5 Å². The molecule has 3 saturated carbocycles. The minimum absolute atomic E-state index is 0.189. The topological polar surface area (TPSA) is 74.5 Å². The number of aryl methyl sites for hydroxylation is 2. The van der Waals surface area contributed by atoms with Gasteiger partial charge in [-0.2, -0.15) is 0 Å². The third-order valence-corrected chi connectivity index (χ3v) is 10.2. The number of hydrogen-bond donors (Lipinski definition) is 2. The second kappa shape index (κ2) is 11.1. The van der Waals surface area contributed by atoms with E-state index in [1.807, 2.05) is 12.1 Å². The number of nitrogens with zero attached hydrogens (tertiary/aromatic N) is 4. The van der Waals surface area contributed by atoms with Crippen molar-refractivity contribution in [3.63, 3.8) is 0 Å². The molecule has 224 valence electrons. The highest BCUT2D eigenvalue weighted by atomic mass is 19.1. The molecule has 2 aromatic carbocycles. The van der Waals surface area contributed by atoms with Crippen LogP contribution in [0.15, 0.2) is 52.5 Å². The van der Waals surface area contributed by atoms with E-state index >= 15 is 0 Å². The lowest BCUT2D eigenvalue weighted by Gasteiger charge is -2.61. The summed E-state index contributed by atoms with van der Waals surface area (Å²) in [6.07, 6.45) is 4.20. The summed E-state index contributed by atoms with van der Waals surface area (Å²) >= 11 is 0. The zero-order valence-electron chi connectivity index (χ0n) is 25.2. The Morgan fingerprint density at radius 1 is 1.10 bits per heavy atom. The van der Waals surface area contributed by atoms with Gasteiger partial charge in [0.05, 0.1) is 23.3 Å². The first-order valence-corrected chi connectivity index (χ1v) is 15.3. The van der Waals surface area contributed by atoms with Crippen molar-refractivity contribution in [2.24, 2.45) is 28.2 Å². The molecule has 3 aliphatic carbocycles. The molecule has 6 atom stereocenters. The number of hydrogen-bond acceptors (Lipinski definition) is 4. The summed E-state index contributed by atoms with van der Waals surface area (Å²) < 4.78 is 28.8. The number of anilines is 1. The maximum absolute atomic E-state index is 14.1. The average Bonchev–Trinajstić information content (AvgIpc) is 2.93. The lowest BCUT2D eigenvalue weighted by atomic mass is 9.45. The Balaban J connectivity index is 1.24. The second-order valence-corrected chi connectivity index (χ2v) is 13.4. The van der Waals surface area contributed by atoms with Gasteiger partial charge < -0.3 is 15.5 Å². The van der Waals surface area contributed by atoms with Crippen LogP contribution < -0.4 is 16.2 Å². The summed E-state index contributed by atoms with van der Waals surface area (Å²) in [6, 6.07) is 10.1. The molecule has 3 aromatic rings. The van der Waals surface area contributed by atoms with E-state index in [0.29, 0.717) is 45.8 Å². The largest absolute Gasteiger partial charge is 0.340 e. The standard InChI is InChI=1S/C33H42F2N6O/c1-19-16-41(17-20(2)37-19)32(39-29-13-23-12-27(21(29)3)33(23,4)5)38-25-8-9-26-30(15-25)36-18-40(31(26)42)11-10-22-6-7-24(34)14-28(22)35/h6-9,14-15,18-21,23,27,29,37H,10-13,16-17H2,1-5H3,(H,38,39). The van der Waals surface area contributed by atoms with E-state index in [0.717, 1.165) is 43.1 Å². The Morgan fingerprint density at radius 3 is 2.55 bits per heavy atom. The first kappa shape index (κ1) is 28.8. The highest BCUT2D eigenvalue weighted by Crippen LogP contribution is 2.61. The van der Waals surface area contributed by atoms with Crippen LogP contribution in [-0.2, 0) is 13.0 Å². The van der Waals surface area contributed by atoms with E-state index in [-0.39, 0.29) is 24.6 Å². The molecule has 6 unspecified atom stereocenters. The van der Waals surface area contributed by atoms with Crippen LogP contribution >= 0.6 is 0 Å². The van der Waals surface area contributed by atoms with Crippen molar-refractivity contribution in [2.75, 3.05) is 18.4 Å². The minimum Gasteiger partial charge on any atom is -0.340 e. The van der Waals surface area contributed by atoms with E-state index in [2.05, 4.69) is 55.1 Å². The Kier molecular flexibility index (Phi) is 7.58. The summed E-state index contributed by atoms with van der Waals surface area (Å²) in [7, 11) is 0. The first-order chi connectivity index (χ1) is 20.0. The summed E-state index contributed by atoms with van der Waals surface area (Å²) in [5, 5.41) is 7.73. The van der Waals surface area contributed by atoms with Crippen LogP contribution in [0.5, 0.6) is 0 Å². The monoisotopic (exact) mass is 576 g/mol. The number of halogens is 2. The van der Waals surface area contributed by atoms with Crippen LogP contribution in [0.2, 0.25) is 0 Å². The van der Waals surface area contributed by atoms with Crippen molar-refractivity contribution < 1.29 is 8.78 Å². The van der Waals surface area contributed by atoms with Crippen molar-refractivity contribution in [2.45, 2.75) is 78.6 Å². The van der Waals surface area contributed by atoms with Gasteiger partial charge in [0.2, 0.25) is 0 Å². The Hall–Kier alpha value is -3.33. The van der Waals surface area contributed by atoms with Gasteiger partial charge >= 0.3 is 0 Å². The lowest BCUT2D eigenvalue weighted by molar-refractivity contribution is -0.108. The predicted octanol–water partition coefficient (Wildman–Crippen LogP) is 5.44. The van der Waals surface area contributed by atoms with Gasteiger partial charge in [0.25, 0.3) is 5.56 Å². The zero-order valence-corrected chi connectivity index (χ0v) is 25.2. The number of aromatic nitrogens is 2. The van der Waals surface area contributed by atoms with Gasteiger partial charge in [-0.1, -0.05) is 26.8 Å². The highest BCUT2D eigenvalue weighted by Gasteiger charge is 2.56. The number of nitrogens with one attached hydrogen (secondary N) is 2. The SMILES string of the molecule is CC1CN(C(=NC2CC3CC(C2C)C3(C)C)Nc2ccc3c(=O)n(CCc4ccc(F)cc4F)cnc3c2)CC(C)N1. The lowest BCUT2D eigenvalue weighted by Crippen LogP contribution is -2.59. The molecule has 7 nitrogen and oxygen atoms in total. The van der Waals surface area contributed by atoms with Gasteiger partial charge in [0, 0.05) is 43.5 Å². The van der Waals surface area contributed by atoms with Crippen molar-refractivity contribution in [3.05, 3.63) is 70.3 Å². The molecule has 2 bridgehead atoms. The molecule has 7 rings (SSSR count). The first-order valence-electron chi connectivity index (χ1n) is 15.3. The van der Waals surface area contributed by atoms with Gasteiger partial charge in [-0.25, -0.2) is 18.8 Å². The molecule has 9 heteroatoms. The fraction of sp³-hybridized carbons (Fsp3) is 0.545. The molecular weight excluding hydrogens is 534 g/mol. The van der Waals surface area contributed by atoms with Crippen molar-refractivity contribution in [1.82, 2.24) is 19.8 Å². The molecule has 1 aliphatic heterocycles. The Labute approximate surface area is 246 Å². The fourth-order valence-electron chi connectivity index (χ4n) is 7.63. The normalized spacial score (nSPS) is 28.9. The highest BCUT2D eigenvalue weighted by molar-refractivity contribution is 5.96. The molecule has 2 N–H and O–H groups in total. The van der Waals surface area contributed by atoms with Crippen LogP contribution in [-0.4, -0.2) is 51.6 Å². The van der Waals surface area contributed by atoms with E-state index in [1.165, 1.54) is 29.4 Å². The molecule has 42 heavy (non-hydrogen) atoms. The zero-order chi connectivity index (χ0) is 29.8. The molecule has 0 amide bonds. The second-order valence-electron chi connectivity index (χ2n) is 13.4. The van der Waals surface area contributed by atoms with Crippen LogP contribution in [0, 0.1) is 34.8 Å². The summed E-state index contributed by atoms with van der Waals surface area (Å²) in [6.45, 7) is 13.6. The Morgan fingerprint density at radius 2 is 1.86 bits per heavy atom. The van der Waals surface area contributed by atoms with Crippen LogP contribution in [0.3, 0.4) is 0 Å². The van der Waals surface area contributed by atoms with E-state index in [1.54, 1.807) is 6.07 Å². The summed E-state index contributed by atoms with van der Waals surface area (Å²) in [5.74, 6) is 1.62. The van der Waals surface area contributed by atoms with Crippen molar-refractivity contribution in [1.29, 1.82) is 0 Å². The fourth-order valence-corrected chi connectivity index (χ4v) is 7.63. The molecular formula is C33H42F2N6O. The maximum Gasteiger partial charge on any atom is 0.261 e. The number of piperazine rings is 1. The van der Waals surface area contributed by atoms with Gasteiger partial charge in [0.1, 0.15) is 11.6 Å². The van der Waals surface area contributed by atoms with Crippen LogP contribution in [0.25, 0.3) is 10.9 Å². The molecule has 1 aromatic heterocycles. The molecule has 0 radical (unpaired) electrons. The van der Waals surface area contributed by atoms with E-state index in [9.17, 15) is 13.6 Å². The van der Waals surface area contributed by atoms with E-state index < -0.39 is 11.6 Å². The molecule has 2 heterocycles. The third kappa shape index (κ3) is 5.43. The third-order valence-electron chi connectivity index (χ3n) is 10.2. The van der Waals surface area contributed by atoms with Crippen LogP contribution in [0.1, 0.15) is 53.0 Å². The van der Waals surface area contributed by atoms with Gasteiger partial charge in [0.15, 0.2) is 5.96 Å². The molecule has 0 spiro atoms. The smallest absolute Gasteiger partial charge is 0.261 e. The number of benzene rings is 2. The average molecular weight is 577 g/mol. The molecule has 1 saturated heterocycles. The number of guanidine groups is 1. The van der Waals surface area contributed by atoms with Gasteiger partial charge in [-0.3, -0.25) is 9.36 Å². The summed E-state index contributed by atoms with van der Waals surface area (Å²) in [5.41, 5.74) is 2.00. The Bertz CT molecular complexity index is 1560. The van der Waals surface area contributed by atoms with Crippen molar-refractivity contribution >= 4 is 22.5 Å². The summed E-state index contributed by atoms with van der Waals surface area (Å²) in [4.78, 5) is 25.5. The van der Waals surface area contributed by atoms with Gasteiger partial charge in [-0.15, -0.1) is 0 Å². The molecule has 4 fully saturated rings. The van der Waals surface area contributed by atoms with Crippen molar-refractivity contribution in [3.8, 4) is 0 Å². The quantitative estimate of drug-likeness (QED) is 0.313. The predicted molar refractivity (Wildman–Crippen MR) is 164 cm³/mol. The number of aliphatic imine (C=N–C) groups is 1. The molecule has 4 aliphatic rings. The minimum atomic E-state index is -0.617. The number of fused-ring (bicyclic) bond motifs is 3. The number of rotatable bonds is 5.